The SMILES string of the molecule is CCCCCNC(C)(C)c1nccs1. The van der Waals surface area contributed by atoms with E-state index in [0.29, 0.717) is 0 Å². The summed E-state index contributed by atoms with van der Waals surface area (Å²) >= 11 is 1.72. The maximum Gasteiger partial charge on any atom is 0.112 e. The van der Waals surface area contributed by atoms with Crippen LogP contribution in [0.25, 0.3) is 0 Å². The number of nitrogens with one attached hydrogen (secondary N) is 1. The second kappa shape index (κ2) is 5.47. The fraction of sp³-hybridized carbons (Fsp3) is 0.727. The van der Waals surface area contributed by atoms with Crippen molar-refractivity contribution < 1.29 is 0 Å². The Bertz CT molecular complexity index is 242. The predicted molar refractivity (Wildman–Crippen MR) is 62.7 cm³/mol. The van der Waals surface area contributed by atoms with Gasteiger partial charge in [-0.15, -0.1) is 11.3 Å². The molecule has 1 heterocycles. The van der Waals surface area contributed by atoms with E-state index in [0.717, 1.165) is 6.54 Å². The molecular weight excluding hydrogens is 192 g/mol. The van der Waals surface area contributed by atoms with Crippen LogP contribution in [0.5, 0.6) is 0 Å². The van der Waals surface area contributed by atoms with E-state index in [9.17, 15) is 0 Å². The minimum Gasteiger partial charge on any atom is -0.306 e. The Morgan fingerprint density at radius 2 is 2.21 bits per heavy atom. The topological polar surface area (TPSA) is 24.9 Å². The Labute approximate surface area is 90.8 Å². The van der Waals surface area contributed by atoms with E-state index in [4.69, 9.17) is 0 Å². The van der Waals surface area contributed by atoms with Gasteiger partial charge in [0.05, 0.1) is 5.54 Å². The van der Waals surface area contributed by atoms with Crippen LogP contribution in [0.2, 0.25) is 0 Å². The van der Waals surface area contributed by atoms with Crippen LogP contribution < -0.4 is 5.32 Å². The van der Waals surface area contributed by atoms with Gasteiger partial charge in [-0.2, -0.15) is 0 Å². The average molecular weight is 212 g/mol. The molecule has 1 rings (SSSR count). The first-order chi connectivity index (χ1) is 6.67. The summed E-state index contributed by atoms with van der Waals surface area (Å²) in [5.74, 6) is 0. The van der Waals surface area contributed by atoms with E-state index >= 15 is 0 Å². The molecular formula is C11H20N2S. The normalized spacial score (nSPS) is 11.9. The lowest BCUT2D eigenvalue weighted by Gasteiger charge is -2.23. The summed E-state index contributed by atoms with van der Waals surface area (Å²) in [5.41, 5.74) is 0.0297. The smallest absolute Gasteiger partial charge is 0.112 e. The summed E-state index contributed by atoms with van der Waals surface area (Å²) in [7, 11) is 0. The maximum absolute atomic E-state index is 4.34. The van der Waals surface area contributed by atoms with E-state index in [1.807, 2.05) is 11.6 Å². The highest BCUT2D eigenvalue weighted by Gasteiger charge is 2.21. The van der Waals surface area contributed by atoms with E-state index in [1.165, 1.54) is 24.3 Å². The highest BCUT2D eigenvalue weighted by Crippen LogP contribution is 2.21. The monoisotopic (exact) mass is 212 g/mol. The fourth-order valence-electron chi connectivity index (χ4n) is 1.38. The lowest BCUT2D eigenvalue weighted by atomic mass is 10.1. The van der Waals surface area contributed by atoms with Gasteiger partial charge in [-0.1, -0.05) is 19.8 Å². The number of aromatic nitrogens is 1. The molecule has 3 heteroatoms. The molecule has 0 unspecified atom stereocenters. The lowest BCUT2D eigenvalue weighted by Crippen LogP contribution is -2.36. The van der Waals surface area contributed by atoms with Gasteiger partial charge in [-0.3, -0.25) is 0 Å². The van der Waals surface area contributed by atoms with Crippen molar-refractivity contribution in [2.75, 3.05) is 6.54 Å². The summed E-state index contributed by atoms with van der Waals surface area (Å²) in [4.78, 5) is 4.34. The number of hydrogen-bond acceptors (Lipinski definition) is 3. The molecule has 0 bridgehead atoms. The number of thiazole rings is 1. The largest absolute Gasteiger partial charge is 0.306 e. The molecule has 0 aromatic carbocycles. The quantitative estimate of drug-likeness (QED) is 0.733. The Morgan fingerprint density at radius 1 is 1.43 bits per heavy atom. The zero-order valence-corrected chi connectivity index (χ0v) is 10.2. The summed E-state index contributed by atoms with van der Waals surface area (Å²) in [5, 5.41) is 6.75. The van der Waals surface area contributed by atoms with Crippen LogP contribution in [-0.2, 0) is 5.54 Å². The molecule has 0 saturated heterocycles. The van der Waals surface area contributed by atoms with Crippen LogP contribution in [0.1, 0.15) is 45.0 Å². The van der Waals surface area contributed by atoms with Crippen LogP contribution >= 0.6 is 11.3 Å². The van der Waals surface area contributed by atoms with E-state index < -0.39 is 0 Å². The minimum absolute atomic E-state index is 0.0297. The fourth-order valence-corrected chi connectivity index (χ4v) is 2.12. The van der Waals surface area contributed by atoms with Gasteiger partial charge in [0, 0.05) is 11.6 Å². The standard InChI is InChI=1S/C11H20N2S/c1-4-5-6-7-13-11(2,3)10-12-8-9-14-10/h8-9,13H,4-7H2,1-3H3. The molecule has 14 heavy (non-hydrogen) atoms. The molecule has 0 aliphatic rings. The van der Waals surface area contributed by atoms with Crippen LogP contribution in [0.4, 0.5) is 0 Å². The molecule has 0 saturated carbocycles. The van der Waals surface area contributed by atoms with Gasteiger partial charge >= 0.3 is 0 Å². The minimum atomic E-state index is 0.0297. The number of unbranched alkanes of at least 4 members (excludes halogenated alkanes) is 2. The van der Waals surface area contributed by atoms with Gasteiger partial charge in [0.2, 0.25) is 0 Å². The first kappa shape index (κ1) is 11.7. The molecule has 0 spiro atoms. The van der Waals surface area contributed by atoms with E-state index in [2.05, 4.69) is 31.1 Å². The van der Waals surface area contributed by atoms with E-state index in [-0.39, 0.29) is 5.54 Å². The first-order valence-corrected chi connectivity index (χ1v) is 6.20. The highest BCUT2D eigenvalue weighted by molar-refractivity contribution is 7.09. The maximum atomic E-state index is 4.34. The Morgan fingerprint density at radius 3 is 2.79 bits per heavy atom. The summed E-state index contributed by atoms with van der Waals surface area (Å²) < 4.78 is 0. The zero-order valence-electron chi connectivity index (χ0n) is 9.34. The van der Waals surface area contributed by atoms with Crippen molar-refractivity contribution in [3.63, 3.8) is 0 Å². The van der Waals surface area contributed by atoms with Crippen molar-refractivity contribution in [1.29, 1.82) is 0 Å². The number of rotatable bonds is 6. The van der Waals surface area contributed by atoms with Gasteiger partial charge in [0.15, 0.2) is 0 Å². The molecule has 2 nitrogen and oxygen atoms in total. The molecule has 1 aromatic rings. The summed E-state index contributed by atoms with van der Waals surface area (Å²) in [6.07, 6.45) is 5.71. The second-order valence-corrected chi connectivity index (χ2v) is 4.99. The van der Waals surface area contributed by atoms with Crippen molar-refractivity contribution >= 4 is 11.3 Å². The van der Waals surface area contributed by atoms with Crippen LogP contribution in [0.15, 0.2) is 11.6 Å². The van der Waals surface area contributed by atoms with Crippen molar-refractivity contribution in [1.82, 2.24) is 10.3 Å². The second-order valence-electron chi connectivity index (χ2n) is 4.10. The molecule has 0 radical (unpaired) electrons. The lowest BCUT2D eigenvalue weighted by molar-refractivity contribution is 0.395. The third-order valence-corrected chi connectivity index (χ3v) is 3.41. The Hall–Kier alpha value is -0.410. The Kier molecular flexibility index (Phi) is 4.55. The van der Waals surface area contributed by atoms with Crippen molar-refractivity contribution in [3.8, 4) is 0 Å². The molecule has 0 aliphatic heterocycles. The van der Waals surface area contributed by atoms with E-state index in [1.54, 1.807) is 11.3 Å². The number of nitrogens with zero attached hydrogens (tertiary/aromatic N) is 1. The van der Waals surface area contributed by atoms with Gasteiger partial charge < -0.3 is 5.32 Å². The molecule has 80 valence electrons. The van der Waals surface area contributed by atoms with Gasteiger partial charge in [0.1, 0.15) is 5.01 Å². The third kappa shape index (κ3) is 3.39. The summed E-state index contributed by atoms with van der Waals surface area (Å²) in [6.45, 7) is 7.70. The molecule has 0 atom stereocenters. The zero-order chi connectivity index (χ0) is 10.4. The van der Waals surface area contributed by atoms with Crippen LogP contribution in [0.3, 0.4) is 0 Å². The van der Waals surface area contributed by atoms with Gasteiger partial charge in [-0.25, -0.2) is 4.98 Å². The molecule has 0 aliphatic carbocycles. The third-order valence-electron chi connectivity index (χ3n) is 2.31. The van der Waals surface area contributed by atoms with Crippen LogP contribution in [-0.4, -0.2) is 11.5 Å². The number of hydrogen-bond donors (Lipinski definition) is 1. The average Bonchev–Trinajstić information content (AvgIpc) is 2.65. The predicted octanol–water partition coefficient (Wildman–Crippen LogP) is 3.16. The van der Waals surface area contributed by atoms with Crippen LogP contribution in [0, 0.1) is 0 Å². The van der Waals surface area contributed by atoms with Crippen molar-refractivity contribution in [3.05, 3.63) is 16.6 Å². The van der Waals surface area contributed by atoms with Crippen molar-refractivity contribution in [2.24, 2.45) is 0 Å². The summed E-state index contributed by atoms with van der Waals surface area (Å²) in [6, 6.07) is 0. The van der Waals surface area contributed by atoms with Gasteiger partial charge in [0.25, 0.3) is 0 Å². The first-order valence-electron chi connectivity index (χ1n) is 5.32. The van der Waals surface area contributed by atoms with Gasteiger partial charge in [-0.05, 0) is 26.8 Å². The molecule has 0 amide bonds. The Balaban J connectivity index is 2.35. The molecule has 0 fully saturated rings. The molecule has 1 aromatic heterocycles. The molecule has 1 N–H and O–H groups in total. The highest BCUT2D eigenvalue weighted by atomic mass is 32.1. The van der Waals surface area contributed by atoms with Crippen molar-refractivity contribution in [2.45, 2.75) is 45.6 Å².